The smallest absolute Gasteiger partial charge is 0.294 e. The number of nitro benzene ring substituents is 1. The van der Waals surface area contributed by atoms with E-state index in [2.05, 4.69) is 15.3 Å². The first-order chi connectivity index (χ1) is 14.3. The lowest BCUT2D eigenvalue weighted by molar-refractivity contribution is -0.384. The molecule has 2 N–H and O–H groups in total. The van der Waals surface area contributed by atoms with Crippen molar-refractivity contribution >= 4 is 29.0 Å². The molecule has 3 rings (SSSR count). The maximum absolute atomic E-state index is 12.9. The van der Waals surface area contributed by atoms with E-state index in [-0.39, 0.29) is 36.3 Å². The summed E-state index contributed by atoms with van der Waals surface area (Å²) in [6.45, 7) is 1.34. The quantitative estimate of drug-likeness (QED) is 0.508. The molecule has 0 aliphatic carbocycles. The highest BCUT2D eigenvalue weighted by molar-refractivity contribution is 6.06. The average molecular weight is 410 g/mol. The predicted octanol–water partition coefficient (Wildman–Crippen LogP) is 1.00. The lowest BCUT2D eigenvalue weighted by Crippen LogP contribution is -2.50. The third-order valence-corrected chi connectivity index (χ3v) is 4.86. The molecular formula is C19H18N6O5. The normalized spacial score (nSPS) is 16.7. The summed E-state index contributed by atoms with van der Waals surface area (Å²) in [5, 5.41) is 23.1. The number of Topliss-reactive ketones (excluding diaryl/α,β-unsaturated/α-hetero) is 1. The number of aromatic nitrogens is 2. The second-order valence-electron chi connectivity index (χ2n) is 6.84. The number of ketones is 1. The topological polar surface area (TPSA) is 162 Å². The molecule has 2 amide bonds. The van der Waals surface area contributed by atoms with Crippen molar-refractivity contribution in [3.05, 3.63) is 52.1 Å². The number of nitriles is 1. The number of imidazole rings is 1. The largest absolute Gasteiger partial charge is 0.348 e. The first kappa shape index (κ1) is 20.7. The minimum atomic E-state index is -1.01. The van der Waals surface area contributed by atoms with Crippen LogP contribution in [0.25, 0.3) is 0 Å². The third-order valence-electron chi connectivity index (χ3n) is 4.86. The summed E-state index contributed by atoms with van der Waals surface area (Å²) in [4.78, 5) is 56.0. The van der Waals surface area contributed by atoms with Gasteiger partial charge in [-0.2, -0.15) is 5.26 Å². The average Bonchev–Trinajstić information content (AvgIpc) is 3.36. The highest BCUT2D eigenvalue weighted by Gasteiger charge is 2.41. The molecule has 1 aromatic carbocycles. The number of H-pyrrole nitrogens is 1. The van der Waals surface area contributed by atoms with E-state index in [0.717, 1.165) is 11.0 Å². The Morgan fingerprint density at radius 1 is 1.50 bits per heavy atom. The van der Waals surface area contributed by atoms with Crippen LogP contribution in [-0.4, -0.2) is 44.6 Å². The van der Waals surface area contributed by atoms with E-state index in [1.807, 2.05) is 6.07 Å². The van der Waals surface area contributed by atoms with Crippen molar-refractivity contribution in [1.82, 2.24) is 15.3 Å². The van der Waals surface area contributed by atoms with E-state index in [9.17, 15) is 24.5 Å². The summed E-state index contributed by atoms with van der Waals surface area (Å²) in [7, 11) is 0. The summed E-state index contributed by atoms with van der Waals surface area (Å²) in [6.07, 6.45) is 3.36. The van der Waals surface area contributed by atoms with Gasteiger partial charge in [0.05, 0.1) is 28.9 Å². The molecule has 0 spiro atoms. The zero-order valence-corrected chi connectivity index (χ0v) is 16.0. The van der Waals surface area contributed by atoms with Crippen LogP contribution in [0.5, 0.6) is 0 Å². The fourth-order valence-corrected chi connectivity index (χ4v) is 3.36. The molecule has 2 aromatic rings. The van der Waals surface area contributed by atoms with Crippen LogP contribution in [0, 0.1) is 21.4 Å². The van der Waals surface area contributed by atoms with Crippen LogP contribution in [0.4, 0.5) is 11.4 Å². The van der Waals surface area contributed by atoms with Gasteiger partial charge in [-0.3, -0.25) is 29.4 Å². The third kappa shape index (κ3) is 4.17. The molecule has 2 heterocycles. The van der Waals surface area contributed by atoms with Gasteiger partial charge >= 0.3 is 0 Å². The fourth-order valence-electron chi connectivity index (χ4n) is 3.36. The van der Waals surface area contributed by atoms with Crippen LogP contribution in [0.3, 0.4) is 0 Å². The first-order valence-electron chi connectivity index (χ1n) is 9.10. The van der Waals surface area contributed by atoms with Gasteiger partial charge in [-0.15, -0.1) is 0 Å². The van der Waals surface area contributed by atoms with E-state index >= 15 is 0 Å². The van der Waals surface area contributed by atoms with Gasteiger partial charge in [0.25, 0.3) is 5.69 Å². The molecule has 1 aliphatic rings. The molecule has 11 heteroatoms. The van der Waals surface area contributed by atoms with E-state index in [0.29, 0.717) is 5.69 Å². The van der Waals surface area contributed by atoms with Crippen LogP contribution in [-0.2, 0) is 20.8 Å². The van der Waals surface area contributed by atoms with Crippen LogP contribution in [0.2, 0.25) is 0 Å². The molecule has 30 heavy (non-hydrogen) atoms. The van der Waals surface area contributed by atoms with Gasteiger partial charge in [0.1, 0.15) is 11.7 Å². The van der Waals surface area contributed by atoms with Gasteiger partial charge in [0, 0.05) is 30.8 Å². The lowest BCUT2D eigenvalue weighted by Gasteiger charge is -2.25. The fraction of sp³-hybridized carbons (Fsp3) is 0.316. The van der Waals surface area contributed by atoms with Crippen LogP contribution >= 0.6 is 0 Å². The molecule has 11 nitrogen and oxygen atoms in total. The van der Waals surface area contributed by atoms with Crippen LogP contribution in [0.15, 0.2) is 30.7 Å². The molecule has 0 radical (unpaired) electrons. The molecule has 0 saturated carbocycles. The lowest BCUT2D eigenvalue weighted by atomic mass is 10.1. The monoisotopic (exact) mass is 410 g/mol. The van der Waals surface area contributed by atoms with Crippen molar-refractivity contribution < 1.29 is 19.3 Å². The molecule has 2 atom stereocenters. The highest BCUT2D eigenvalue weighted by atomic mass is 16.6. The number of rotatable bonds is 7. The SMILES string of the molecule is CC(=O)[C@H](Cc1cnc[nH]1)NC(=O)[C@@H]1CCC(=O)N1c1ccc(C#N)cc1[N+](=O)[O-]. The van der Waals surface area contributed by atoms with Crippen molar-refractivity contribution in [2.45, 2.75) is 38.3 Å². The molecule has 0 bridgehead atoms. The number of aromatic amines is 1. The van der Waals surface area contributed by atoms with E-state index < -0.39 is 34.5 Å². The Kier molecular flexibility index (Phi) is 5.87. The summed E-state index contributed by atoms with van der Waals surface area (Å²) in [6, 6.07) is 3.66. The molecule has 1 aromatic heterocycles. The summed E-state index contributed by atoms with van der Waals surface area (Å²) >= 11 is 0. The van der Waals surface area contributed by atoms with Gasteiger partial charge in [-0.05, 0) is 25.5 Å². The Bertz CT molecular complexity index is 1040. The van der Waals surface area contributed by atoms with E-state index in [4.69, 9.17) is 5.26 Å². The Morgan fingerprint density at radius 2 is 2.27 bits per heavy atom. The number of benzene rings is 1. The van der Waals surface area contributed by atoms with Crippen molar-refractivity contribution in [3.63, 3.8) is 0 Å². The Labute approximate surface area is 170 Å². The Hall–Kier alpha value is -4.07. The second kappa shape index (κ2) is 8.52. The van der Waals surface area contributed by atoms with Crippen molar-refractivity contribution in [3.8, 4) is 6.07 Å². The number of amides is 2. The number of nitro groups is 1. The van der Waals surface area contributed by atoms with Crippen LogP contribution in [0.1, 0.15) is 31.0 Å². The molecule has 1 saturated heterocycles. The number of nitrogens with one attached hydrogen (secondary N) is 2. The number of carbonyl (C=O) groups excluding carboxylic acids is 3. The highest BCUT2D eigenvalue weighted by Crippen LogP contribution is 2.35. The summed E-state index contributed by atoms with van der Waals surface area (Å²) in [5.74, 6) is -1.31. The molecular weight excluding hydrogens is 392 g/mol. The van der Waals surface area contributed by atoms with Crippen molar-refractivity contribution in [1.29, 1.82) is 5.26 Å². The molecule has 1 fully saturated rings. The van der Waals surface area contributed by atoms with E-state index in [1.54, 1.807) is 0 Å². The van der Waals surface area contributed by atoms with Crippen molar-refractivity contribution in [2.24, 2.45) is 0 Å². The number of nitrogens with zero attached hydrogens (tertiary/aromatic N) is 4. The predicted molar refractivity (Wildman–Crippen MR) is 103 cm³/mol. The van der Waals surface area contributed by atoms with E-state index in [1.165, 1.54) is 31.6 Å². The zero-order valence-electron chi connectivity index (χ0n) is 16.0. The summed E-state index contributed by atoms with van der Waals surface area (Å²) < 4.78 is 0. The van der Waals surface area contributed by atoms with Crippen LogP contribution < -0.4 is 10.2 Å². The van der Waals surface area contributed by atoms with Gasteiger partial charge in [-0.25, -0.2) is 4.98 Å². The Morgan fingerprint density at radius 3 is 2.87 bits per heavy atom. The standard InChI is InChI=1S/C19H18N6O5/c1-11(26)14(7-13-9-21-10-22-13)23-19(28)16-4-5-18(27)24(16)15-3-2-12(8-20)6-17(15)25(29)30/h2-3,6,9-10,14,16H,4-5,7H2,1H3,(H,21,22)(H,23,28)/t14-,16-/m0/s1. The molecule has 154 valence electrons. The summed E-state index contributed by atoms with van der Waals surface area (Å²) in [5.41, 5.74) is 0.212. The van der Waals surface area contributed by atoms with Gasteiger partial charge in [-0.1, -0.05) is 0 Å². The minimum Gasteiger partial charge on any atom is -0.348 e. The van der Waals surface area contributed by atoms with Gasteiger partial charge in [0.2, 0.25) is 11.8 Å². The first-order valence-corrected chi connectivity index (χ1v) is 9.10. The molecule has 0 unspecified atom stereocenters. The number of hydrogen-bond acceptors (Lipinski definition) is 7. The zero-order chi connectivity index (χ0) is 21.8. The Balaban J connectivity index is 1.87. The van der Waals surface area contributed by atoms with Crippen molar-refractivity contribution in [2.75, 3.05) is 4.90 Å². The second-order valence-corrected chi connectivity index (χ2v) is 6.84. The van der Waals surface area contributed by atoms with Gasteiger partial charge < -0.3 is 10.3 Å². The molecule has 1 aliphatic heterocycles. The number of anilines is 1. The number of carbonyl (C=O) groups is 3. The minimum absolute atomic E-state index is 0.0283. The maximum Gasteiger partial charge on any atom is 0.294 e. The van der Waals surface area contributed by atoms with Gasteiger partial charge in [0.15, 0.2) is 5.78 Å². The number of hydrogen-bond donors (Lipinski definition) is 2. The maximum atomic E-state index is 12.9.